The molecule has 1 aliphatic rings. The first-order valence-electron chi connectivity index (χ1n) is 6.18. The van der Waals surface area contributed by atoms with Gasteiger partial charge in [0.2, 0.25) is 5.91 Å². The predicted octanol–water partition coefficient (Wildman–Crippen LogP) is 1.05. The second kappa shape index (κ2) is 5.77. The highest BCUT2D eigenvalue weighted by Crippen LogP contribution is 2.14. The molecule has 4 heteroatoms. The molecule has 2 atom stereocenters. The van der Waals surface area contributed by atoms with E-state index in [0.29, 0.717) is 0 Å². The predicted molar refractivity (Wildman–Crippen MR) is 66.7 cm³/mol. The first-order valence-corrected chi connectivity index (χ1v) is 6.18. The Morgan fingerprint density at radius 2 is 2.53 bits per heavy atom. The minimum Gasteiger partial charge on any atom is -0.352 e. The molecule has 1 unspecified atom stereocenters. The molecule has 0 radical (unpaired) electrons. The normalized spacial score (nSPS) is 21.8. The third kappa shape index (κ3) is 3.27. The maximum atomic E-state index is 12.0. The molecule has 0 saturated carbocycles. The van der Waals surface area contributed by atoms with Crippen LogP contribution in [0.25, 0.3) is 0 Å². The van der Waals surface area contributed by atoms with E-state index in [2.05, 4.69) is 15.6 Å². The number of nitrogens with one attached hydrogen (secondary N) is 2. The van der Waals surface area contributed by atoms with Crippen molar-refractivity contribution in [2.75, 3.05) is 13.1 Å². The van der Waals surface area contributed by atoms with Crippen molar-refractivity contribution in [2.24, 2.45) is 0 Å². The van der Waals surface area contributed by atoms with E-state index in [-0.39, 0.29) is 17.9 Å². The second-order valence-electron chi connectivity index (χ2n) is 4.56. The van der Waals surface area contributed by atoms with Crippen LogP contribution in [0.4, 0.5) is 0 Å². The Morgan fingerprint density at radius 1 is 1.65 bits per heavy atom. The van der Waals surface area contributed by atoms with E-state index in [0.717, 1.165) is 31.5 Å². The van der Waals surface area contributed by atoms with Gasteiger partial charge in [-0.3, -0.25) is 9.78 Å². The number of aromatic nitrogens is 1. The van der Waals surface area contributed by atoms with Crippen molar-refractivity contribution < 1.29 is 4.79 Å². The van der Waals surface area contributed by atoms with Crippen LogP contribution in [0.2, 0.25) is 0 Å². The van der Waals surface area contributed by atoms with E-state index < -0.39 is 0 Å². The minimum absolute atomic E-state index is 0.0895. The highest BCUT2D eigenvalue weighted by molar-refractivity contribution is 5.83. The Labute approximate surface area is 102 Å². The van der Waals surface area contributed by atoms with Crippen molar-refractivity contribution in [3.05, 3.63) is 30.1 Å². The highest BCUT2D eigenvalue weighted by Gasteiger charge is 2.20. The lowest BCUT2D eigenvalue weighted by atomic mass is 10.0. The lowest BCUT2D eigenvalue weighted by Gasteiger charge is -2.25. The fraction of sp³-hybridized carbons (Fsp3) is 0.538. The van der Waals surface area contributed by atoms with E-state index in [1.807, 2.05) is 19.1 Å². The van der Waals surface area contributed by atoms with Crippen molar-refractivity contribution in [1.29, 1.82) is 0 Å². The maximum Gasteiger partial charge on any atom is 0.227 e. The zero-order chi connectivity index (χ0) is 12.1. The smallest absolute Gasteiger partial charge is 0.227 e. The van der Waals surface area contributed by atoms with Crippen molar-refractivity contribution in [3.8, 4) is 0 Å². The summed E-state index contributed by atoms with van der Waals surface area (Å²) in [5, 5.41) is 6.38. The number of hydrogen-bond acceptors (Lipinski definition) is 3. The van der Waals surface area contributed by atoms with Crippen LogP contribution in [0.3, 0.4) is 0 Å². The molecule has 2 heterocycles. The molecule has 1 aromatic heterocycles. The van der Waals surface area contributed by atoms with Gasteiger partial charge in [-0.2, -0.15) is 0 Å². The molecule has 4 nitrogen and oxygen atoms in total. The van der Waals surface area contributed by atoms with E-state index in [1.165, 1.54) is 0 Å². The largest absolute Gasteiger partial charge is 0.352 e. The molecule has 2 N–H and O–H groups in total. The van der Waals surface area contributed by atoms with Crippen LogP contribution in [-0.2, 0) is 4.79 Å². The van der Waals surface area contributed by atoms with E-state index in [1.54, 1.807) is 12.4 Å². The second-order valence-corrected chi connectivity index (χ2v) is 4.56. The zero-order valence-corrected chi connectivity index (χ0v) is 10.1. The van der Waals surface area contributed by atoms with Gasteiger partial charge in [-0.05, 0) is 37.9 Å². The summed E-state index contributed by atoms with van der Waals surface area (Å²) in [5.74, 6) is -0.0441. The molecule has 0 spiro atoms. The van der Waals surface area contributed by atoms with Crippen molar-refractivity contribution in [3.63, 3.8) is 0 Å². The van der Waals surface area contributed by atoms with Gasteiger partial charge in [0.15, 0.2) is 0 Å². The van der Waals surface area contributed by atoms with Crippen molar-refractivity contribution in [2.45, 2.75) is 31.7 Å². The average molecular weight is 233 g/mol. The zero-order valence-electron chi connectivity index (χ0n) is 10.1. The molecule has 1 aliphatic heterocycles. The minimum atomic E-state index is -0.134. The summed E-state index contributed by atoms with van der Waals surface area (Å²) in [6, 6.07) is 4.08. The number of rotatable bonds is 3. The van der Waals surface area contributed by atoms with Crippen LogP contribution in [-0.4, -0.2) is 30.0 Å². The summed E-state index contributed by atoms with van der Waals surface area (Å²) in [6.45, 7) is 3.86. The van der Waals surface area contributed by atoms with E-state index in [9.17, 15) is 4.79 Å². The Morgan fingerprint density at radius 3 is 3.18 bits per heavy atom. The average Bonchev–Trinajstić information content (AvgIpc) is 2.40. The molecule has 0 bridgehead atoms. The number of carbonyl (C=O) groups is 1. The lowest BCUT2D eigenvalue weighted by molar-refractivity contribution is -0.123. The highest BCUT2D eigenvalue weighted by atomic mass is 16.1. The Hall–Kier alpha value is -1.42. The summed E-state index contributed by atoms with van der Waals surface area (Å²) >= 11 is 0. The van der Waals surface area contributed by atoms with Gasteiger partial charge in [0, 0.05) is 25.0 Å². The SMILES string of the molecule is CC(C(=O)N[C@H]1CCCNC1)c1cccnc1. The summed E-state index contributed by atoms with van der Waals surface area (Å²) in [7, 11) is 0. The number of piperidine rings is 1. The van der Waals surface area contributed by atoms with Gasteiger partial charge in [-0.25, -0.2) is 0 Å². The van der Waals surface area contributed by atoms with Gasteiger partial charge in [0.1, 0.15) is 0 Å². The van der Waals surface area contributed by atoms with Gasteiger partial charge in [-0.1, -0.05) is 6.07 Å². The molecule has 92 valence electrons. The third-order valence-electron chi connectivity index (χ3n) is 3.22. The molecule has 1 aromatic rings. The quantitative estimate of drug-likeness (QED) is 0.820. The molecule has 1 amide bonds. The van der Waals surface area contributed by atoms with E-state index in [4.69, 9.17) is 0 Å². The number of nitrogens with zero attached hydrogens (tertiary/aromatic N) is 1. The van der Waals surface area contributed by atoms with Crippen molar-refractivity contribution in [1.82, 2.24) is 15.6 Å². The van der Waals surface area contributed by atoms with Crippen molar-refractivity contribution >= 4 is 5.91 Å². The monoisotopic (exact) mass is 233 g/mol. The molecule has 0 aliphatic carbocycles. The maximum absolute atomic E-state index is 12.0. The molecule has 0 aromatic carbocycles. The van der Waals surface area contributed by atoms with E-state index >= 15 is 0 Å². The molecule has 1 saturated heterocycles. The summed E-state index contributed by atoms with van der Waals surface area (Å²) < 4.78 is 0. The number of amides is 1. The first kappa shape index (κ1) is 12.0. The van der Waals surface area contributed by atoms with Crippen LogP contribution in [0, 0.1) is 0 Å². The number of carbonyl (C=O) groups excluding carboxylic acids is 1. The van der Waals surface area contributed by atoms with Gasteiger partial charge in [-0.15, -0.1) is 0 Å². The van der Waals surface area contributed by atoms with Gasteiger partial charge >= 0.3 is 0 Å². The molecule has 2 rings (SSSR count). The van der Waals surface area contributed by atoms with Gasteiger partial charge in [0.25, 0.3) is 0 Å². The van der Waals surface area contributed by atoms with Crippen LogP contribution >= 0.6 is 0 Å². The van der Waals surface area contributed by atoms with Gasteiger partial charge < -0.3 is 10.6 Å². The molecular formula is C13H19N3O. The molecule has 17 heavy (non-hydrogen) atoms. The Kier molecular flexibility index (Phi) is 4.09. The fourth-order valence-electron chi connectivity index (χ4n) is 2.08. The molecular weight excluding hydrogens is 214 g/mol. The van der Waals surface area contributed by atoms with Crippen LogP contribution in [0.1, 0.15) is 31.2 Å². The third-order valence-corrected chi connectivity index (χ3v) is 3.22. The van der Waals surface area contributed by atoms with Crippen LogP contribution < -0.4 is 10.6 Å². The summed E-state index contributed by atoms with van der Waals surface area (Å²) in [6.07, 6.45) is 5.67. The van der Waals surface area contributed by atoms with Crippen LogP contribution in [0.5, 0.6) is 0 Å². The topological polar surface area (TPSA) is 54.0 Å². The number of pyridine rings is 1. The Balaban J connectivity index is 1.91. The fourth-order valence-corrected chi connectivity index (χ4v) is 2.08. The number of hydrogen-bond donors (Lipinski definition) is 2. The molecule has 1 fully saturated rings. The van der Waals surface area contributed by atoms with Crippen LogP contribution in [0.15, 0.2) is 24.5 Å². The first-order chi connectivity index (χ1) is 8.27. The summed E-state index contributed by atoms with van der Waals surface area (Å²) in [4.78, 5) is 16.1. The lowest BCUT2D eigenvalue weighted by Crippen LogP contribution is -2.46. The van der Waals surface area contributed by atoms with Gasteiger partial charge in [0.05, 0.1) is 5.92 Å². The summed E-state index contributed by atoms with van der Waals surface area (Å²) in [5.41, 5.74) is 0.966. The standard InChI is InChI=1S/C13H19N3O/c1-10(11-4-2-6-14-8-11)13(17)16-12-5-3-7-15-9-12/h2,4,6,8,10,12,15H,3,5,7,9H2,1H3,(H,16,17)/t10?,12-/m0/s1. The Bertz CT molecular complexity index is 360.